The SMILES string of the molecule is COc1cc(COC(=O)c2ccc(Cn3ccccc3=O)o2)cc(Cl)c1OC(F)F. The third kappa shape index (κ3) is 5.18. The fourth-order valence-corrected chi connectivity index (χ4v) is 2.89. The lowest BCUT2D eigenvalue weighted by atomic mass is 10.2. The Morgan fingerprint density at radius 1 is 1.23 bits per heavy atom. The van der Waals surface area contributed by atoms with Gasteiger partial charge in [-0.25, -0.2) is 4.79 Å². The zero-order valence-corrected chi connectivity index (χ0v) is 16.4. The standard InChI is InChI=1S/C20H16ClF2NO6/c1-27-16-9-12(8-14(21)18(16)30-20(22)23)11-28-19(26)15-6-5-13(29-15)10-24-7-3-2-4-17(24)25/h2-9,20H,10-11H2,1H3. The van der Waals surface area contributed by atoms with E-state index in [0.29, 0.717) is 11.3 Å². The van der Waals surface area contributed by atoms with Gasteiger partial charge in [-0.1, -0.05) is 17.7 Å². The van der Waals surface area contributed by atoms with Gasteiger partial charge in [-0.05, 0) is 35.9 Å². The van der Waals surface area contributed by atoms with Crippen molar-refractivity contribution in [2.75, 3.05) is 7.11 Å². The Kier molecular flexibility index (Phi) is 6.73. The molecule has 1 aromatic carbocycles. The van der Waals surface area contributed by atoms with E-state index in [0.717, 1.165) is 0 Å². The number of furan rings is 1. The van der Waals surface area contributed by atoms with Crippen LogP contribution in [0.4, 0.5) is 8.78 Å². The molecule has 7 nitrogen and oxygen atoms in total. The molecule has 0 unspecified atom stereocenters. The predicted octanol–water partition coefficient (Wildman–Crippen LogP) is 4.11. The largest absolute Gasteiger partial charge is 0.493 e. The summed E-state index contributed by atoms with van der Waals surface area (Å²) in [6.07, 6.45) is 1.60. The minimum atomic E-state index is -3.07. The van der Waals surface area contributed by atoms with Gasteiger partial charge in [0.1, 0.15) is 12.4 Å². The molecular formula is C20H16ClF2NO6. The minimum Gasteiger partial charge on any atom is -0.493 e. The molecule has 0 aliphatic rings. The molecule has 0 atom stereocenters. The summed E-state index contributed by atoms with van der Waals surface area (Å²) in [5.41, 5.74) is 0.192. The molecule has 3 rings (SSSR count). The van der Waals surface area contributed by atoms with Gasteiger partial charge in [-0.15, -0.1) is 0 Å². The quantitative estimate of drug-likeness (QED) is 0.491. The Hall–Kier alpha value is -3.33. The van der Waals surface area contributed by atoms with Gasteiger partial charge in [-0.2, -0.15) is 8.78 Å². The van der Waals surface area contributed by atoms with Crippen LogP contribution in [0.2, 0.25) is 5.02 Å². The highest BCUT2D eigenvalue weighted by molar-refractivity contribution is 6.32. The molecule has 0 fully saturated rings. The molecule has 2 aromatic heterocycles. The van der Waals surface area contributed by atoms with Crippen LogP contribution in [-0.2, 0) is 17.9 Å². The maximum atomic E-state index is 12.5. The Morgan fingerprint density at radius 3 is 2.73 bits per heavy atom. The van der Waals surface area contributed by atoms with Crippen molar-refractivity contribution in [3.8, 4) is 11.5 Å². The molecule has 0 aliphatic carbocycles. The third-order valence-corrected chi connectivity index (χ3v) is 4.23. The van der Waals surface area contributed by atoms with E-state index >= 15 is 0 Å². The molecule has 0 aliphatic heterocycles. The number of rotatable bonds is 8. The summed E-state index contributed by atoms with van der Waals surface area (Å²) in [7, 11) is 1.27. The molecule has 3 aromatic rings. The van der Waals surface area contributed by atoms with E-state index in [1.165, 1.54) is 35.9 Å². The van der Waals surface area contributed by atoms with Gasteiger partial charge in [0.25, 0.3) is 5.56 Å². The number of benzene rings is 1. The summed E-state index contributed by atoms with van der Waals surface area (Å²) in [5.74, 6) is -0.735. The minimum absolute atomic E-state index is 0.0255. The van der Waals surface area contributed by atoms with Crippen LogP contribution >= 0.6 is 11.6 Å². The molecule has 0 amide bonds. The van der Waals surface area contributed by atoms with Crippen LogP contribution in [0.1, 0.15) is 21.9 Å². The van der Waals surface area contributed by atoms with Crippen LogP contribution in [0.3, 0.4) is 0 Å². The van der Waals surface area contributed by atoms with E-state index in [1.807, 2.05) is 0 Å². The van der Waals surface area contributed by atoms with E-state index in [-0.39, 0.29) is 41.0 Å². The van der Waals surface area contributed by atoms with Crippen molar-refractivity contribution >= 4 is 17.6 Å². The molecule has 10 heteroatoms. The lowest BCUT2D eigenvalue weighted by Gasteiger charge is -2.13. The van der Waals surface area contributed by atoms with Gasteiger partial charge < -0.3 is 23.2 Å². The van der Waals surface area contributed by atoms with Gasteiger partial charge in [0.05, 0.1) is 18.7 Å². The highest BCUT2D eigenvalue weighted by atomic mass is 35.5. The summed E-state index contributed by atoms with van der Waals surface area (Å²) in [6, 6.07) is 10.4. The average Bonchev–Trinajstić information content (AvgIpc) is 3.18. The van der Waals surface area contributed by atoms with Crippen LogP contribution in [-0.4, -0.2) is 24.3 Å². The highest BCUT2D eigenvalue weighted by Crippen LogP contribution is 2.37. The first-order valence-corrected chi connectivity index (χ1v) is 8.97. The summed E-state index contributed by atoms with van der Waals surface area (Å²) < 4.78 is 46.3. The van der Waals surface area contributed by atoms with Gasteiger partial charge in [-0.3, -0.25) is 4.79 Å². The third-order valence-electron chi connectivity index (χ3n) is 3.95. The van der Waals surface area contributed by atoms with Crippen LogP contribution in [0.5, 0.6) is 11.5 Å². The molecule has 30 heavy (non-hydrogen) atoms. The normalized spacial score (nSPS) is 10.8. The second-order valence-corrected chi connectivity index (χ2v) is 6.40. The van der Waals surface area contributed by atoms with E-state index in [2.05, 4.69) is 4.74 Å². The van der Waals surface area contributed by atoms with Crippen molar-refractivity contribution in [1.82, 2.24) is 4.57 Å². The number of halogens is 3. The lowest BCUT2D eigenvalue weighted by molar-refractivity contribution is -0.0511. The van der Waals surface area contributed by atoms with Crippen molar-refractivity contribution in [3.05, 3.63) is 81.1 Å². The Balaban J connectivity index is 1.66. The Labute approximate surface area is 174 Å². The number of methoxy groups -OCH3 is 1. The fourth-order valence-electron chi connectivity index (χ4n) is 2.61. The van der Waals surface area contributed by atoms with Gasteiger partial charge >= 0.3 is 12.6 Å². The maximum Gasteiger partial charge on any atom is 0.387 e. The second kappa shape index (κ2) is 9.45. The van der Waals surface area contributed by atoms with E-state index < -0.39 is 12.6 Å². The van der Waals surface area contributed by atoms with E-state index in [1.54, 1.807) is 24.4 Å². The Bertz CT molecular complexity index is 1090. The number of hydrogen-bond acceptors (Lipinski definition) is 6. The number of alkyl halides is 2. The maximum absolute atomic E-state index is 12.5. The number of carbonyl (C=O) groups is 1. The zero-order chi connectivity index (χ0) is 21.7. The smallest absolute Gasteiger partial charge is 0.387 e. The number of aromatic nitrogens is 1. The Morgan fingerprint density at radius 2 is 2.03 bits per heavy atom. The second-order valence-electron chi connectivity index (χ2n) is 6.00. The lowest BCUT2D eigenvalue weighted by Crippen LogP contribution is -2.17. The monoisotopic (exact) mass is 439 g/mol. The van der Waals surface area contributed by atoms with Crippen molar-refractivity contribution in [2.24, 2.45) is 0 Å². The fraction of sp³-hybridized carbons (Fsp3) is 0.200. The molecule has 0 saturated carbocycles. The topological polar surface area (TPSA) is 79.9 Å². The first-order chi connectivity index (χ1) is 14.4. The highest BCUT2D eigenvalue weighted by Gasteiger charge is 2.18. The van der Waals surface area contributed by atoms with Crippen molar-refractivity contribution in [2.45, 2.75) is 19.8 Å². The van der Waals surface area contributed by atoms with E-state index in [4.69, 9.17) is 25.5 Å². The number of ether oxygens (including phenoxy) is 3. The zero-order valence-electron chi connectivity index (χ0n) is 15.6. The summed E-state index contributed by atoms with van der Waals surface area (Å²) >= 11 is 5.96. The molecule has 0 bridgehead atoms. The first-order valence-electron chi connectivity index (χ1n) is 8.60. The van der Waals surface area contributed by atoms with Gasteiger partial charge in [0.15, 0.2) is 11.5 Å². The van der Waals surface area contributed by atoms with Crippen LogP contribution in [0, 0.1) is 0 Å². The number of pyridine rings is 1. The molecular weight excluding hydrogens is 424 g/mol. The van der Waals surface area contributed by atoms with Crippen molar-refractivity contribution < 1.29 is 32.2 Å². The number of hydrogen-bond donors (Lipinski definition) is 0. The van der Waals surface area contributed by atoms with Crippen molar-refractivity contribution in [3.63, 3.8) is 0 Å². The van der Waals surface area contributed by atoms with Crippen molar-refractivity contribution in [1.29, 1.82) is 0 Å². The molecule has 0 saturated heterocycles. The first kappa shape index (κ1) is 21.4. The average molecular weight is 440 g/mol. The van der Waals surface area contributed by atoms with E-state index in [9.17, 15) is 18.4 Å². The molecule has 0 radical (unpaired) electrons. The number of carbonyl (C=O) groups excluding carboxylic acids is 1. The van der Waals surface area contributed by atoms with Gasteiger partial charge in [0.2, 0.25) is 5.76 Å². The summed E-state index contributed by atoms with van der Waals surface area (Å²) in [6.45, 7) is -3.12. The summed E-state index contributed by atoms with van der Waals surface area (Å²) in [5, 5.41) is -0.116. The number of nitrogens with zero attached hydrogens (tertiary/aromatic N) is 1. The molecule has 2 heterocycles. The summed E-state index contributed by atoms with van der Waals surface area (Å²) in [4.78, 5) is 24.0. The molecule has 158 valence electrons. The van der Waals surface area contributed by atoms with Crippen LogP contribution in [0.15, 0.2) is 57.9 Å². The van der Waals surface area contributed by atoms with Crippen LogP contribution in [0.25, 0.3) is 0 Å². The number of esters is 1. The molecule has 0 spiro atoms. The van der Waals surface area contributed by atoms with Gasteiger partial charge in [0, 0.05) is 12.3 Å². The predicted molar refractivity (Wildman–Crippen MR) is 102 cm³/mol. The molecule has 0 N–H and O–H groups in total. The van der Waals surface area contributed by atoms with Crippen LogP contribution < -0.4 is 15.0 Å².